The predicted molar refractivity (Wildman–Crippen MR) is 129 cm³/mol. The summed E-state index contributed by atoms with van der Waals surface area (Å²) < 4.78 is 5.73. The highest BCUT2D eigenvalue weighted by Crippen LogP contribution is 2.48. The van der Waals surface area contributed by atoms with Gasteiger partial charge in [0.25, 0.3) is 0 Å². The van der Waals surface area contributed by atoms with Crippen LogP contribution in [0.2, 0.25) is 0 Å². The van der Waals surface area contributed by atoms with Crippen molar-refractivity contribution in [1.29, 1.82) is 0 Å². The number of para-hydroxylation sites is 1. The van der Waals surface area contributed by atoms with E-state index in [0.717, 1.165) is 39.9 Å². The van der Waals surface area contributed by atoms with Gasteiger partial charge in [-0.25, -0.2) is 4.79 Å². The van der Waals surface area contributed by atoms with Gasteiger partial charge >= 0.3 is 5.97 Å². The molecular formula is C24H31NO4S2. The fraction of sp³-hybridized carbons (Fsp3) is 0.458. The monoisotopic (exact) mass is 461 g/mol. The van der Waals surface area contributed by atoms with E-state index in [1.807, 2.05) is 30.2 Å². The average Bonchev–Trinajstić information content (AvgIpc) is 2.92. The summed E-state index contributed by atoms with van der Waals surface area (Å²) >= 11 is 3.39. The van der Waals surface area contributed by atoms with Crippen molar-refractivity contribution in [3.8, 4) is 5.75 Å². The van der Waals surface area contributed by atoms with E-state index in [2.05, 4.69) is 49.1 Å². The molecule has 5 nitrogen and oxygen atoms in total. The van der Waals surface area contributed by atoms with Crippen LogP contribution in [-0.4, -0.2) is 47.4 Å². The quantitative estimate of drug-likeness (QED) is 0.466. The van der Waals surface area contributed by atoms with E-state index in [-0.39, 0.29) is 12.0 Å². The maximum Gasteiger partial charge on any atom is 0.336 e. The largest absolute Gasteiger partial charge is 0.489 e. The number of benzene rings is 2. The number of thioether (sulfide) groups is 2. The molecule has 1 unspecified atom stereocenters. The number of rotatable bonds is 9. The van der Waals surface area contributed by atoms with Gasteiger partial charge in [-0.15, -0.1) is 23.5 Å². The summed E-state index contributed by atoms with van der Waals surface area (Å²) in [5.41, 5.74) is 2.47. The molecule has 0 bridgehead atoms. The first-order valence-corrected chi connectivity index (χ1v) is 12.8. The van der Waals surface area contributed by atoms with E-state index in [1.54, 1.807) is 11.8 Å². The molecule has 31 heavy (non-hydrogen) atoms. The van der Waals surface area contributed by atoms with Gasteiger partial charge in [-0.3, -0.25) is 0 Å². The number of anilines is 2. The van der Waals surface area contributed by atoms with Crippen LogP contribution in [0.4, 0.5) is 11.4 Å². The minimum atomic E-state index is -1.54. The van der Waals surface area contributed by atoms with Crippen LogP contribution in [-0.2, 0) is 4.79 Å². The molecule has 0 saturated carbocycles. The van der Waals surface area contributed by atoms with E-state index in [4.69, 9.17) is 9.84 Å². The van der Waals surface area contributed by atoms with Crippen LogP contribution in [0.5, 0.6) is 5.75 Å². The SMILES string of the molecule is CCCCC1(C)CSc2cc(OC[C@H](O)C(=O)O)c(SC)cc2N(c2ccccc2)C1. The number of nitrogens with zero attached hydrogens (tertiary/aromatic N) is 1. The Morgan fingerprint density at radius 3 is 2.71 bits per heavy atom. The molecule has 2 atom stereocenters. The van der Waals surface area contributed by atoms with Crippen LogP contribution in [0.1, 0.15) is 33.1 Å². The third-order valence-electron chi connectivity index (χ3n) is 5.54. The number of carboxylic acid groups (broad SMARTS) is 1. The van der Waals surface area contributed by atoms with Crippen LogP contribution in [0, 0.1) is 5.41 Å². The fourth-order valence-corrected chi connectivity index (χ4v) is 5.52. The molecule has 0 radical (unpaired) electrons. The molecule has 2 aromatic carbocycles. The number of ether oxygens (including phenoxy) is 1. The van der Waals surface area contributed by atoms with Crippen LogP contribution in [0.25, 0.3) is 0 Å². The minimum Gasteiger partial charge on any atom is -0.489 e. The van der Waals surface area contributed by atoms with Crippen LogP contribution < -0.4 is 9.64 Å². The van der Waals surface area contributed by atoms with Gasteiger partial charge in [0.2, 0.25) is 0 Å². The van der Waals surface area contributed by atoms with Crippen molar-refractivity contribution in [3.05, 3.63) is 42.5 Å². The second kappa shape index (κ2) is 10.7. The topological polar surface area (TPSA) is 70.0 Å². The van der Waals surface area contributed by atoms with E-state index >= 15 is 0 Å². The van der Waals surface area contributed by atoms with Crippen molar-refractivity contribution in [2.24, 2.45) is 5.41 Å². The van der Waals surface area contributed by atoms with Gasteiger partial charge in [0.05, 0.1) is 10.6 Å². The summed E-state index contributed by atoms with van der Waals surface area (Å²) in [6, 6.07) is 14.6. The van der Waals surface area contributed by atoms with Crippen molar-refractivity contribution in [2.45, 2.75) is 49.0 Å². The average molecular weight is 462 g/mol. The molecule has 0 saturated heterocycles. The molecule has 0 aliphatic carbocycles. The van der Waals surface area contributed by atoms with Crippen molar-refractivity contribution >= 4 is 40.9 Å². The lowest BCUT2D eigenvalue weighted by Gasteiger charge is -2.34. The number of hydrogen-bond acceptors (Lipinski definition) is 6. The Labute approximate surface area is 193 Å². The van der Waals surface area contributed by atoms with Crippen molar-refractivity contribution in [2.75, 3.05) is 30.1 Å². The third-order valence-corrected chi connectivity index (χ3v) is 7.77. The Balaban J connectivity index is 2.00. The zero-order chi connectivity index (χ0) is 22.4. The summed E-state index contributed by atoms with van der Waals surface area (Å²) in [5.74, 6) is 0.333. The fourth-order valence-electron chi connectivity index (χ4n) is 3.73. The molecule has 168 valence electrons. The molecule has 0 aromatic heterocycles. The second-order valence-electron chi connectivity index (χ2n) is 8.26. The molecule has 0 fully saturated rings. The third kappa shape index (κ3) is 5.90. The normalized spacial score (nSPS) is 19.4. The first-order chi connectivity index (χ1) is 14.9. The van der Waals surface area contributed by atoms with Gasteiger partial charge in [0, 0.05) is 22.9 Å². The summed E-state index contributed by atoms with van der Waals surface area (Å²) in [5, 5.41) is 18.6. The molecule has 3 rings (SSSR count). The van der Waals surface area contributed by atoms with Gasteiger partial charge < -0.3 is 19.8 Å². The Bertz CT molecular complexity index is 893. The maximum atomic E-state index is 11.0. The second-order valence-corrected chi connectivity index (χ2v) is 10.1. The number of aliphatic hydroxyl groups excluding tert-OH is 1. The minimum absolute atomic E-state index is 0.162. The number of carbonyl (C=O) groups is 1. The highest BCUT2D eigenvalue weighted by atomic mass is 32.2. The summed E-state index contributed by atoms with van der Waals surface area (Å²) in [6.45, 7) is 5.26. The highest BCUT2D eigenvalue weighted by molar-refractivity contribution is 7.99. The number of fused-ring (bicyclic) bond motifs is 1. The molecule has 2 N–H and O–H groups in total. The molecule has 2 aromatic rings. The number of aliphatic carboxylic acids is 1. The van der Waals surface area contributed by atoms with Gasteiger partial charge in [0.1, 0.15) is 12.4 Å². The molecule has 1 heterocycles. The molecule has 1 aliphatic rings. The smallest absolute Gasteiger partial charge is 0.336 e. The van der Waals surface area contributed by atoms with Crippen LogP contribution in [0.15, 0.2) is 52.3 Å². The first kappa shape index (κ1) is 23.8. The van der Waals surface area contributed by atoms with Gasteiger partial charge in [-0.1, -0.05) is 44.9 Å². The zero-order valence-electron chi connectivity index (χ0n) is 18.3. The molecule has 0 spiro atoms. The standard InChI is InChI=1S/C24H31NO4S2/c1-4-5-11-24(2)15-25(17-9-7-6-8-10-17)18-12-22(30-3)20(13-21(18)31-16-24)29-14-19(26)23(27)28/h6-10,12-13,19,26H,4-5,11,14-16H2,1-3H3,(H,27,28)/t19-,24?/m0/s1. The lowest BCUT2D eigenvalue weighted by Crippen LogP contribution is -2.33. The Hall–Kier alpha value is -1.83. The number of unbranched alkanes of at least 4 members (excludes halogenated alkanes) is 1. The number of hydrogen-bond donors (Lipinski definition) is 2. The first-order valence-electron chi connectivity index (χ1n) is 10.6. The lowest BCUT2D eigenvalue weighted by molar-refractivity contribution is -0.148. The van der Waals surface area contributed by atoms with Crippen molar-refractivity contribution in [3.63, 3.8) is 0 Å². The van der Waals surface area contributed by atoms with Gasteiger partial charge in [-0.05, 0) is 42.4 Å². The van der Waals surface area contributed by atoms with E-state index in [9.17, 15) is 9.90 Å². The van der Waals surface area contributed by atoms with Gasteiger partial charge in [0.15, 0.2) is 6.10 Å². The van der Waals surface area contributed by atoms with Crippen LogP contribution >= 0.6 is 23.5 Å². The van der Waals surface area contributed by atoms with Gasteiger partial charge in [-0.2, -0.15) is 0 Å². The molecule has 1 aliphatic heterocycles. The summed E-state index contributed by atoms with van der Waals surface area (Å²) in [7, 11) is 0. The summed E-state index contributed by atoms with van der Waals surface area (Å²) in [4.78, 5) is 15.4. The molecule has 0 amide bonds. The van der Waals surface area contributed by atoms with Crippen LogP contribution in [0.3, 0.4) is 0 Å². The maximum absolute atomic E-state index is 11.0. The van der Waals surface area contributed by atoms with Crippen molar-refractivity contribution in [1.82, 2.24) is 0 Å². The Morgan fingerprint density at radius 2 is 2.06 bits per heavy atom. The predicted octanol–water partition coefficient (Wildman–Crippen LogP) is 5.67. The zero-order valence-corrected chi connectivity index (χ0v) is 20.0. The van der Waals surface area contributed by atoms with E-state index < -0.39 is 12.1 Å². The van der Waals surface area contributed by atoms with Crippen molar-refractivity contribution < 1.29 is 19.7 Å². The molecule has 7 heteroatoms. The lowest BCUT2D eigenvalue weighted by atomic mass is 9.86. The van der Waals surface area contributed by atoms with E-state index in [0.29, 0.717) is 5.75 Å². The Morgan fingerprint density at radius 1 is 1.32 bits per heavy atom. The number of carboxylic acids is 1. The molecular weight excluding hydrogens is 430 g/mol. The summed E-state index contributed by atoms with van der Waals surface area (Å²) in [6.07, 6.45) is 3.98. The highest BCUT2D eigenvalue weighted by Gasteiger charge is 2.33. The van der Waals surface area contributed by atoms with E-state index in [1.165, 1.54) is 12.8 Å². The number of aliphatic hydroxyl groups is 1. The Kier molecular flexibility index (Phi) is 8.19.